The topological polar surface area (TPSA) is 66.8 Å². The van der Waals surface area contributed by atoms with Gasteiger partial charge in [-0.25, -0.2) is 9.59 Å². The third kappa shape index (κ3) is 3.43. The molecule has 0 aliphatic carbocycles. The van der Waals surface area contributed by atoms with Gasteiger partial charge < -0.3 is 9.84 Å². The van der Waals surface area contributed by atoms with Crippen LogP contribution in [0.5, 0.6) is 0 Å². The van der Waals surface area contributed by atoms with Crippen molar-refractivity contribution in [2.45, 2.75) is 25.5 Å². The average Bonchev–Trinajstić information content (AvgIpc) is 2.59. The minimum absolute atomic E-state index is 0.106. The largest absolute Gasteiger partial charge is 0.480 e. The highest BCUT2D eigenvalue weighted by Gasteiger charge is 2.36. The van der Waals surface area contributed by atoms with E-state index in [-0.39, 0.29) is 6.61 Å². The van der Waals surface area contributed by atoms with Gasteiger partial charge in [-0.05, 0) is 42.2 Å². The van der Waals surface area contributed by atoms with E-state index in [4.69, 9.17) is 4.74 Å². The number of benzene rings is 2. The first kappa shape index (κ1) is 16.5. The van der Waals surface area contributed by atoms with Crippen molar-refractivity contribution in [3.05, 3.63) is 64.1 Å². The van der Waals surface area contributed by atoms with E-state index >= 15 is 0 Å². The Labute approximate surface area is 148 Å². The highest BCUT2D eigenvalue weighted by molar-refractivity contribution is 9.10. The summed E-state index contributed by atoms with van der Waals surface area (Å²) in [5.74, 6) is -1.03. The van der Waals surface area contributed by atoms with E-state index in [0.717, 1.165) is 15.6 Å². The molecule has 0 fully saturated rings. The second-order valence-electron chi connectivity index (χ2n) is 5.58. The molecule has 1 amide bonds. The lowest BCUT2D eigenvalue weighted by atomic mass is 9.96. The van der Waals surface area contributed by atoms with Gasteiger partial charge in [-0.15, -0.1) is 0 Å². The molecule has 6 heteroatoms. The summed E-state index contributed by atoms with van der Waals surface area (Å²) in [6.45, 7) is 0.106. The number of carbonyl (C=O) groups excluding carboxylic acids is 1. The molecule has 124 valence electrons. The zero-order chi connectivity index (χ0) is 17.1. The van der Waals surface area contributed by atoms with E-state index in [9.17, 15) is 14.7 Å². The second kappa shape index (κ2) is 7.05. The van der Waals surface area contributed by atoms with Crippen LogP contribution < -0.4 is 4.90 Å². The first-order chi connectivity index (χ1) is 11.6. The number of carboxylic acids is 1. The molecule has 0 saturated heterocycles. The van der Waals surface area contributed by atoms with Crippen LogP contribution in [0, 0.1) is 0 Å². The SMILES string of the molecule is O=C(O)C1CCc2cc(Br)ccc2N1C(=O)OCc1ccccc1. The molecule has 0 bridgehead atoms. The number of hydrogen-bond donors (Lipinski definition) is 1. The Morgan fingerprint density at radius 1 is 1.21 bits per heavy atom. The summed E-state index contributed by atoms with van der Waals surface area (Å²) in [5, 5.41) is 9.46. The van der Waals surface area contributed by atoms with Crippen molar-refractivity contribution in [1.29, 1.82) is 0 Å². The Bertz CT molecular complexity index is 763. The maximum absolute atomic E-state index is 12.6. The molecule has 1 N–H and O–H groups in total. The van der Waals surface area contributed by atoms with Crippen molar-refractivity contribution in [1.82, 2.24) is 0 Å². The van der Waals surface area contributed by atoms with Gasteiger partial charge in [-0.1, -0.05) is 46.3 Å². The molecule has 0 radical (unpaired) electrons. The second-order valence-corrected chi connectivity index (χ2v) is 6.49. The number of amides is 1. The fourth-order valence-electron chi connectivity index (χ4n) is 2.83. The van der Waals surface area contributed by atoms with Gasteiger partial charge in [0, 0.05) is 4.47 Å². The minimum atomic E-state index is -1.03. The lowest BCUT2D eigenvalue weighted by Gasteiger charge is -2.34. The van der Waals surface area contributed by atoms with Gasteiger partial charge in [0.2, 0.25) is 0 Å². The number of rotatable bonds is 3. The molecule has 1 unspecified atom stereocenters. The van der Waals surface area contributed by atoms with Gasteiger partial charge in [0.05, 0.1) is 5.69 Å². The van der Waals surface area contributed by atoms with E-state index < -0.39 is 18.1 Å². The lowest BCUT2D eigenvalue weighted by molar-refractivity contribution is -0.138. The van der Waals surface area contributed by atoms with Gasteiger partial charge in [-0.2, -0.15) is 0 Å². The highest BCUT2D eigenvalue weighted by atomic mass is 79.9. The number of fused-ring (bicyclic) bond motifs is 1. The molecule has 1 aliphatic rings. The Balaban J connectivity index is 1.84. The van der Waals surface area contributed by atoms with Crippen LogP contribution in [0.1, 0.15) is 17.5 Å². The van der Waals surface area contributed by atoms with Crippen LogP contribution in [-0.2, 0) is 22.6 Å². The minimum Gasteiger partial charge on any atom is -0.480 e. The molecule has 2 aromatic rings. The monoisotopic (exact) mass is 389 g/mol. The Morgan fingerprint density at radius 3 is 2.67 bits per heavy atom. The maximum Gasteiger partial charge on any atom is 0.415 e. The maximum atomic E-state index is 12.6. The smallest absolute Gasteiger partial charge is 0.415 e. The molecule has 5 nitrogen and oxygen atoms in total. The summed E-state index contributed by atoms with van der Waals surface area (Å²) in [5.41, 5.74) is 2.37. The van der Waals surface area contributed by atoms with Gasteiger partial charge in [0.15, 0.2) is 0 Å². The van der Waals surface area contributed by atoms with Crippen molar-refractivity contribution in [2.75, 3.05) is 4.90 Å². The third-order valence-electron chi connectivity index (χ3n) is 3.99. The number of hydrogen-bond acceptors (Lipinski definition) is 3. The number of ether oxygens (including phenoxy) is 1. The fraction of sp³-hybridized carbons (Fsp3) is 0.222. The number of aryl methyl sites for hydroxylation is 1. The standard InChI is InChI=1S/C18H16BrNO4/c19-14-7-9-15-13(10-14)6-8-16(17(21)22)20(15)18(23)24-11-12-4-2-1-3-5-12/h1-5,7,9-10,16H,6,8,11H2,(H,21,22). The molecule has 24 heavy (non-hydrogen) atoms. The van der Waals surface area contributed by atoms with Crippen LogP contribution in [0.3, 0.4) is 0 Å². The van der Waals surface area contributed by atoms with Crippen LogP contribution >= 0.6 is 15.9 Å². The number of halogens is 1. The van der Waals surface area contributed by atoms with E-state index in [1.54, 1.807) is 12.1 Å². The quantitative estimate of drug-likeness (QED) is 0.861. The van der Waals surface area contributed by atoms with Crippen molar-refractivity contribution < 1.29 is 19.4 Å². The van der Waals surface area contributed by atoms with Crippen LogP contribution in [0.4, 0.5) is 10.5 Å². The number of carboxylic acid groups (broad SMARTS) is 1. The predicted octanol–water partition coefficient (Wildman–Crippen LogP) is 3.99. The summed E-state index contributed by atoms with van der Waals surface area (Å²) >= 11 is 3.40. The van der Waals surface area contributed by atoms with Crippen LogP contribution in [0.25, 0.3) is 0 Å². The molecule has 0 spiro atoms. The first-order valence-corrected chi connectivity index (χ1v) is 8.36. The zero-order valence-corrected chi connectivity index (χ0v) is 14.4. The molecule has 0 aromatic heterocycles. The predicted molar refractivity (Wildman–Crippen MR) is 93.0 cm³/mol. The van der Waals surface area contributed by atoms with Gasteiger partial charge in [-0.3, -0.25) is 4.90 Å². The van der Waals surface area contributed by atoms with E-state index in [1.165, 1.54) is 4.90 Å². The summed E-state index contributed by atoms with van der Waals surface area (Å²) in [6.07, 6.45) is 0.322. The molecular weight excluding hydrogens is 374 g/mol. The van der Waals surface area contributed by atoms with Crippen molar-refractivity contribution in [3.63, 3.8) is 0 Å². The van der Waals surface area contributed by atoms with E-state index in [2.05, 4.69) is 15.9 Å². The highest BCUT2D eigenvalue weighted by Crippen LogP contribution is 2.33. The molecule has 1 aliphatic heterocycles. The van der Waals surface area contributed by atoms with Gasteiger partial charge in [0.1, 0.15) is 12.6 Å². The van der Waals surface area contributed by atoms with E-state index in [0.29, 0.717) is 18.5 Å². The van der Waals surface area contributed by atoms with Gasteiger partial charge in [0.25, 0.3) is 0 Å². The summed E-state index contributed by atoms with van der Waals surface area (Å²) in [7, 11) is 0. The number of nitrogens with zero attached hydrogens (tertiary/aromatic N) is 1. The number of anilines is 1. The Kier molecular flexibility index (Phi) is 4.85. The average molecular weight is 390 g/mol. The third-order valence-corrected chi connectivity index (χ3v) is 4.48. The van der Waals surface area contributed by atoms with Crippen molar-refractivity contribution in [2.24, 2.45) is 0 Å². The first-order valence-electron chi connectivity index (χ1n) is 7.57. The molecule has 1 heterocycles. The molecule has 2 aromatic carbocycles. The van der Waals surface area contributed by atoms with Gasteiger partial charge >= 0.3 is 12.1 Å². The molecule has 0 saturated carbocycles. The van der Waals surface area contributed by atoms with Crippen LogP contribution in [-0.4, -0.2) is 23.2 Å². The Morgan fingerprint density at radius 2 is 1.96 bits per heavy atom. The molecule has 3 rings (SSSR count). The molecule has 1 atom stereocenters. The van der Waals surface area contributed by atoms with Crippen molar-refractivity contribution in [3.8, 4) is 0 Å². The lowest BCUT2D eigenvalue weighted by Crippen LogP contribution is -2.48. The van der Waals surface area contributed by atoms with E-state index in [1.807, 2.05) is 36.4 Å². The Hall–Kier alpha value is -2.34. The normalized spacial score (nSPS) is 16.4. The van der Waals surface area contributed by atoms with Crippen LogP contribution in [0.2, 0.25) is 0 Å². The number of carbonyl (C=O) groups is 2. The summed E-state index contributed by atoms with van der Waals surface area (Å²) in [6, 6.07) is 13.8. The molecular formula is C18H16BrNO4. The van der Waals surface area contributed by atoms with Crippen LogP contribution in [0.15, 0.2) is 53.0 Å². The summed E-state index contributed by atoms with van der Waals surface area (Å²) in [4.78, 5) is 25.4. The van der Waals surface area contributed by atoms with Crippen molar-refractivity contribution >= 4 is 33.7 Å². The fourth-order valence-corrected chi connectivity index (χ4v) is 3.24. The summed E-state index contributed by atoms with van der Waals surface area (Å²) < 4.78 is 6.24. The number of aliphatic carboxylic acids is 1. The zero-order valence-electron chi connectivity index (χ0n) is 12.8.